The second-order valence-corrected chi connectivity index (χ2v) is 15.2. The predicted molar refractivity (Wildman–Crippen MR) is 130 cm³/mol. The number of quaternary nitrogens is 1. The van der Waals surface area contributed by atoms with Crippen molar-refractivity contribution in [1.29, 1.82) is 0 Å². The van der Waals surface area contributed by atoms with E-state index in [0.29, 0.717) is 0 Å². The van der Waals surface area contributed by atoms with E-state index in [1.165, 1.54) is 24.2 Å². The van der Waals surface area contributed by atoms with Crippen LogP contribution < -0.4 is 9.47 Å². The first-order valence-electron chi connectivity index (χ1n) is 11.0. The lowest BCUT2D eigenvalue weighted by molar-refractivity contribution is -0.836. The van der Waals surface area contributed by atoms with Crippen LogP contribution in [0.5, 0.6) is 0 Å². The van der Waals surface area contributed by atoms with Crippen LogP contribution in [0.25, 0.3) is 8.25 Å². The molecule has 0 saturated carbocycles. The van der Waals surface area contributed by atoms with Gasteiger partial charge in [0, 0.05) is 0 Å². The standard InChI is InChI=1S/C9H17N2.C3H9N.2C2F6NO4S2/c1-3-4-5-6-11-8-7-10(2)9-11;1-4(2)3;2*3-1(4,5)14(10,11)9-15(12,13)2(6,7)8/h7-9H,3-6H2,1-2H3;1-3H3;;/q+1;;2*-1/p+1. The van der Waals surface area contributed by atoms with E-state index in [2.05, 4.69) is 63.0 Å². The molecule has 0 amide bonds. The van der Waals surface area contributed by atoms with Gasteiger partial charge in [-0.3, -0.25) is 0 Å². The second-order valence-electron chi connectivity index (χ2n) is 8.36. The minimum atomic E-state index is -6.72. The van der Waals surface area contributed by atoms with Crippen molar-refractivity contribution >= 4 is 40.1 Å². The number of hydrogen-bond acceptors (Lipinski definition) is 8. The minimum Gasteiger partial charge on any atom is -0.421 e. The summed E-state index contributed by atoms with van der Waals surface area (Å²) >= 11 is 0. The first kappa shape index (κ1) is 47.5. The Hall–Kier alpha value is -1.95. The van der Waals surface area contributed by atoms with E-state index >= 15 is 0 Å². The van der Waals surface area contributed by atoms with Gasteiger partial charge in [-0.2, -0.15) is 52.7 Å². The van der Waals surface area contributed by atoms with Gasteiger partial charge in [0.15, 0.2) is 40.1 Å². The summed E-state index contributed by atoms with van der Waals surface area (Å²) in [5, 5.41) is 0. The smallest absolute Gasteiger partial charge is 0.421 e. The molecule has 0 unspecified atom stereocenters. The summed E-state index contributed by atoms with van der Waals surface area (Å²) < 4.78 is 223. The van der Waals surface area contributed by atoms with Crippen LogP contribution in [0.2, 0.25) is 0 Å². The Morgan fingerprint density at radius 1 is 0.622 bits per heavy atom. The Labute approximate surface area is 250 Å². The van der Waals surface area contributed by atoms with Crippen molar-refractivity contribution in [3.05, 3.63) is 27.0 Å². The molecule has 13 nitrogen and oxygen atoms in total. The van der Waals surface area contributed by atoms with E-state index in [1.807, 2.05) is 0 Å². The Morgan fingerprint density at radius 2 is 0.889 bits per heavy atom. The largest absolute Gasteiger partial charge is 0.480 e. The number of hydrogen-bond donors (Lipinski definition) is 1. The highest BCUT2D eigenvalue weighted by Crippen LogP contribution is 2.37. The SMILES string of the molecule is CCCCCn1cc[n+](C)c1.C[NH+](C)C.O=S(=O)([N-]S(=O)(=O)C(F)(F)F)C(F)(F)F.O=S(=O)([N-]S(=O)(=O)C(F)(F)F)C(F)(F)F. The van der Waals surface area contributed by atoms with Gasteiger partial charge in [-0.05, 0) is 12.8 Å². The summed E-state index contributed by atoms with van der Waals surface area (Å²) in [4.78, 5) is 1.42. The van der Waals surface area contributed by atoms with Gasteiger partial charge in [-0.25, -0.2) is 42.8 Å². The average Bonchev–Trinajstić information content (AvgIpc) is 3.15. The van der Waals surface area contributed by atoms with Gasteiger partial charge in [0.25, 0.3) is 0 Å². The maximum Gasteiger partial charge on any atom is 0.480 e. The molecule has 0 fully saturated rings. The number of aryl methyl sites for hydroxylation is 2. The van der Waals surface area contributed by atoms with E-state index < -0.39 is 62.1 Å². The molecule has 0 bridgehead atoms. The predicted octanol–water partition coefficient (Wildman–Crippen LogP) is 2.38. The summed E-state index contributed by atoms with van der Waals surface area (Å²) in [7, 11) is -18.6. The summed E-state index contributed by atoms with van der Waals surface area (Å²) in [5.41, 5.74) is -24.8. The summed E-state index contributed by atoms with van der Waals surface area (Å²) in [6, 6.07) is 0. The molecule has 1 rings (SSSR count). The number of halogens is 12. The summed E-state index contributed by atoms with van der Waals surface area (Å²) in [6.07, 6.45) is 10.2. The number of nitrogens with one attached hydrogen (secondary N) is 1. The van der Waals surface area contributed by atoms with Crippen molar-refractivity contribution in [2.24, 2.45) is 7.05 Å². The molecule has 1 aromatic rings. The van der Waals surface area contributed by atoms with Gasteiger partial charge >= 0.3 is 22.0 Å². The van der Waals surface area contributed by atoms with Gasteiger partial charge in [-0.1, -0.05) is 13.3 Å². The monoisotopic (exact) mass is 773 g/mol. The molecule has 0 aromatic carbocycles. The third kappa shape index (κ3) is 18.7. The lowest BCUT2D eigenvalue weighted by Gasteiger charge is -2.22. The fourth-order valence-corrected chi connectivity index (χ4v) is 5.02. The lowest BCUT2D eigenvalue weighted by Crippen LogP contribution is -3.02. The van der Waals surface area contributed by atoms with Gasteiger partial charge in [0.1, 0.15) is 12.4 Å². The van der Waals surface area contributed by atoms with Gasteiger partial charge in [0.2, 0.25) is 6.33 Å². The zero-order valence-electron chi connectivity index (χ0n) is 23.3. The highest BCUT2D eigenvalue weighted by Gasteiger charge is 2.48. The van der Waals surface area contributed by atoms with Crippen molar-refractivity contribution in [3.8, 4) is 0 Å². The van der Waals surface area contributed by atoms with Crippen LogP contribution in [-0.2, 0) is 53.7 Å². The zero-order valence-corrected chi connectivity index (χ0v) is 26.5. The molecule has 0 aliphatic heterocycles. The summed E-state index contributed by atoms with van der Waals surface area (Å²) in [6.45, 7) is 3.39. The van der Waals surface area contributed by atoms with Crippen LogP contribution in [0.3, 0.4) is 0 Å². The number of rotatable bonds is 8. The number of unbranched alkanes of at least 4 members (excludes halogenated alkanes) is 2. The Balaban J connectivity index is -0.000000559. The van der Waals surface area contributed by atoms with Crippen LogP contribution >= 0.6 is 0 Å². The molecule has 1 aromatic heterocycles. The molecule has 1 N–H and O–H groups in total. The van der Waals surface area contributed by atoms with E-state index in [1.54, 1.807) is 0 Å². The van der Waals surface area contributed by atoms with Gasteiger partial charge < -0.3 is 13.2 Å². The van der Waals surface area contributed by atoms with E-state index in [-0.39, 0.29) is 0 Å². The first-order chi connectivity index (χ1) is 19.5. The molecular formula is C16H27F12N5O8S4. The minimum absolute atomic E-state index is 0.778. The second kappa shape index (κ2) is 17.3. The molecule has 0 atom stereocenters. The molecule has 29 heteroatoms. The van der Waals surface area contributed by atoms with E-state index in [4.69, 9.17) is 0 Å². The molecule has 272 valence electrons. The third-order valence-electron chi connectivity index (χ3n) is 3.41. The van der Waals surface area contributed by atoms with Crippen LogP contribution in [0.1, 0.15) is 26.2 Å². The Kier molecular flexibility index (Phi) is 18.2. The third-order valence-corrected chi connectivity index (χ3v) is 8.89. The van der Waals surface area contributed by atoms with Gasteiger partial charge in [0.05, 0.1) is 34.7 Å². The van der Waals surface area contributed by atoms with Crippen molar-refractivity contribution in [2.45, 2.75) is 54.8 Å². The Morgan fingerprint density at radius 3 is 1.07 bits per heavy atom. The molecule has 0 aliphatic carbocycles. The molecule has 0 radical (unpaired) electrons. The number of nitrogens with zero attached hydrogens (tertiary/aromatic N) is 4. The van der Waals surface area contributed by atoms with Crippen molar-refractivity contribution in [3.63, 3.8) is 0 Å². The van der Waals surface area contributed by atoms with E-state index in [9.17, 15) is 86.4 Å². The van der Waals surface area contributed by atoms with Gasteiger partial charge in [-0.15, -0.1) is 0 Å². The quantitative estimate of drug-likeness (QED) is 0.238. The maximum absolute atomic E-state index is 11.4. The van der Waals surface area contributed by atoms with Crippen molar-refractivity contribution < 1.29 is 95.8 Å². The first-order valence-corrected chi connectivity index (χ1v) is 16.7. The number of alkyl halides is 12. The topological polar surface area (TPSA) is 178 Å². The summed E-state index contributed by atoms with van der Waals surface area (Å²) in [5.74, 6) is 0. The highest BCUT2D eigenvalue weighted by atomic mass is 32.3. The van der Waals surface area contributed by atoms with Crippen LogP contribution in [0.15, 0.2) is 18.7 Å². The van der Waals surface area contributed by atoms with Crippen LogP contribution in [0.4, 0.5) is 52.7 Å². The van der Waals surface area contributed by atoms with Crippen LogP contribution in [0, 0.1) is 0 Å². The molecule has 0 spiro atoms. The molecule has 45 heavy (non-hydrogen) atoms. The Bertz CT molecular complexity index is 1290. The fraction of sp³-hybridized carbons (Fsp3) is 0.812. The van der Waals surface area contributed by atoms with Crippen molar-refractivity contribution in [1.82, 2.24) is 4.57 Å². The number of aromatic nitrogens is 2. The molecular weight excluding hydrogens is 746 g/mol. The zero-order chi connectivity index (χ0) is 37.1. The average molecular weight is 774 g/mol. The molecule has 0 aliphatic rings. The maximum atomic E-state index is 11.4. The van der Waals surface area contributed by atoms with Crippen LogP contribution in [-0.4, -0.2) is 81.4 Å². The molecule has 1 heterocycles. The highest BCUT2D eigenvalue weighted by molar-refractivity contribution is 8.13. The lowest BCUT2D eigenvalue weighted by atomic mass is 10.2. The molecule has 0 saturated heterocycles. The van der Waals surface area contributed by atoms with E-state index in [0.717, 1.165) is 14.8 Å². The number of imidazole rings is 1. The number of sulfonamides is 4. The normalized spacial score (nSPS) is 13.6. The fourth-order valence-electron chi connectivity index (χ4n) is 1.61. The van der Waals surface area contributed by atoms with Crippen molar-refractivity contribution in [2.75, 3.05) is 21.1 Å².